The van der Waals surface area contributed by atoms with Gasteiger partial charge in [0, 0.05) is 18.5 Å². The standard InChI is InChI=1S/C20H23N3OS/c24-14-20(10-7-16-5-2-1-3-6-16)9-4-11-23(13-20)18-17-8-12-25-19(17)22-15-21-18/h1-3,5-6,8,12,15,24H,4,7,9-11,13-14H2/t20-/m1/s1. The molecule has 0 aliphatic carbocycles. The molecule has 0 bridgehead atoms. The van der Waals surface area contributed by atoms with Gasteiger partial charge in [0.25, 0.3) is 0 Å². The van der Waals surface area contributed by atoms with Gasteiger partial charge in [-0.15, -0.1) is 11.3 Å². The number of nitrogens with zero attached hydrogens (tertiary/aromatic N) is 3. The Labute approximate surface area is 152 Å². The van der Waals surface area contributed by atoms with Crippen LogP contribution in [0.15, 0.2) is 48.1 Å². The maximum Gasteiger partial charge on any atom is 0.140 e. The molecule has 3 heterocycles. The average Bonchev–Trinajstić information content (AvgIpc) is 3.16. The molecule has 1 aliphatic heterocycles. The topological polar surface area (TPSA) is 49.2 Å². The molecule has 3 aromatic rings. The number of thiophene rings is 1. The minimum absolute atomic E-state index is 0.0542. The van der Waals surface area contributed by atoms with Crippen molar-refractivity contribution in [3.63, 3.8) is 0 Å². The van der Waals surface area contributed by atoms with E-state index < -0.39 is 0 Å². The lowest BCUT2D eigenvalue weighted by Gasteiger charge is -2.42. The van der Waals surface area contributed by atoms with Crippen molar-refractivity contribution in [2.75, 3.05) is 24.6 Å². The maximum atomic E-state index is 10.2. The third kappa shape index (κ3) is 3.39. The normalized spacial score (nSPS) is 20.9. The molecule has 1 saturated heterocycles. The second-order valence-corrected chi connectivity index (χ2v) is 7.90. The third-order valence-corrected chi connectivity index (χ3v) is 6.14. The van der Waals surface area contributed by atoms with Gasteiger partial charge in [0.15, 0.2) is 0 Å². The lowest BCUT2D eigenvalue weighted by atomic mass is 9.76. The van der Waals surface area contributed by atoms with E-state index >= 15 is 0 Å². The SMILES string of the molecule is OC[C@@]1(CCc2ccccc2)CCCN(c2ncnc3sccc23)C1. The maximum absolute atomic E-state index is 10.2. The predicted molar refractivity (Wildman–Crippen MR) is 103 cm³/mol. The molecule has 1 aromatic carbocycles. The summed E-state index contributed by atoms with van der Waals surface area (Å²) in [5, 5.41) is 13.4. The van der Waals surface area contributed by atoms with Crippen LogP contribution < -0.4 is 4.90 Å². The van der Waals surface area contributed by atoms with Crippen LogP contribution >= 0.6 is 11.3 Å². The van der Waals surface area contributed by atoms with Gasteiger partial charge in [-0.25, -0.2) is 9.97 Å². The third-order valence-electron chi connectivity index (χ3n) is 5.32. The zero-order valence-corrected chi connectivity index (χ0v) is 15.1. The number of rotatable bonds is 5. The highest BCUT2D eigenvalue weighted by Gasteiger charge is 2.35. The van der Waals surface area contributed by atoms with Crippen molar-refractivity contribution in [1.82, 2.24) is 9.97 Å². The van der Waals surface area contributed by atoms with Gasteiger partial charge in [-0.1, -0.05) is 30.3 Å². The quantitative estimate of drug-likeness (QED) is 0.756. The number of hydrogen-bond donors (Lipinski definition) is 1. The molecule has 4 rings (SSSR count). The highest BCUT2D eigenvalue weighted by atomic mass is 32.1. The van der Waals surface area contributed by atoms with Crippen molar-refractivity contribution in [2.45, 2.75) is 25.7 Å². The predicted octanol–water partition coefficient (Wildman–Crippen LogP) is 3.90. The molecule has 5 heteroatoms. The average molecular weight is 353 g/mol. The van der Waals surface area contributed by atoms with Gasteiger partial charge in [-0.3, -0.25) is 0 Å². The smallest absolute Gasteiger partial charge is 0.140 e. The van der Waals surface area contributed by atoms with E-state index in [0.29, 0.717) is 0 Å². The number of aliphatic hydroxyl groups excluding tert-OH is 1. The Morgan fingerprint density at radius 2 is 2.04 bits per heavy atom. The van der Waals surface area contributed by atoms with Crippen molar-refractivity contribution < 1.29 is 5.11 Å². The molecule has 130 valence electrons. The fraction of sp³-hybridized carbons (Fsp3) is 0.400. The lowest BCUT2D eigenvalue weighted by molar-refractivity contribution is 0.0964. The van der Waals surface area contributed by atoms with Crippen molar-refractivity contribution in [3.8, 4) is 0 Å². The number of piperidine rings is 1. The van der Waals surface area contributed by atoms with Gasteiger partial charge >= 0.3 is 0 Å². The first-order valence-corrected chi connectivity index (χ1v) is 9.76. The van der Waals surface area contributed by atoms with Crippen LogP contribution in [-0.2, 0) is 6.42 Å². The van der Waals surface area contributed by atoms with Crippen LogP contribution in [0.5, 0.6) is 0 Å². The lowest BCUT2D eigenvalue weighted by Crippen LogP contribution is -2.46. The molecule has 0 spiro atoms. The largest absolute Gasteiger partial charge is 0.396 e. The number of aromatic nitrogens is 2. The summed E-state index contributed by atoms with van der Waals surface area (Å²) in [6.07, 6.45) is 5.83. The zero-order chi connectivity index (χ0) is 17.1. The second-order valence-electron chi connectivity index (χ2n) is 7.01. The Kier molecular flexibility index (Phi) is 4.68. The zero-order valence-electron chi connectivity index (χ0n) is 14.3. The van der Waals surface area contributed by atoms with E-state index in [0.717, 1.165) is 54.8 Å². The van der Waals surface area contributed by atoms with Crippen LogP contribution in [0.1, 0.15) is 24.8 Å². The van der Waals surface area contributed by atoms with Gasteiger partial charge in [-0.2, -0.15) is 0 Å². The molecule has 0 radical (unpaired) electrons. The van der Waals surface area contributed by atoms with E-state index in [-0.39, 0.29) is 12.0 Å². The number of anilines is 1. The molecule has 1 atom stereocenters. The number of aliphatic hydroxyl groups is 1. The van der Waals surface area contributed by atoms with Gasteiger partial charge < -0.3 is 10.0 Å². The fourth-order valence-corrected chi connectivity index (χ4v) is 4.61. The molecule has 0 amide bonds. The highest BCUT2D eigenvalue weighted by molar-refractivity contribution is 7.16. The van der Waals surface area contributed by atoms with Gasteiger partial charge in [0.2, 0.25) is 0 Å². The van der Waals surface area contributed by atoms with Crippen molar-refractivity contribution in [1.29, 1.82) is 0 Å². The van der Waals surface area contributed by atoms with Gasteiger partial charge in [0.1, 0.15) is 17.0 Å². The molecule has 25 heavy (non-hydrogen) atoms. The molecular formula is C20H23N3OS. The Balaban J connectivity index is 1.55. The van der Waals surface area contributed by atoms with E-state index in [2.05, 4.69) is 56.6 Å². The number of benzene rings is 1. The Morgan fingerprint density at radius 1 is 1.16 bits per heavy atom. The molecule has 1 N–H and O–H groups in total. The van der Waals surface area contributed by atoms with Crippen LogP contribution in [-0.4, -0.2) is 34.8 Å². The molecule has 2 aromatic heterocycles. The summed E-state index contributed by atoms with van der Waals surface area (Å²) in [5.74, 6) is 1.02. The first kappa shape index (κ1) is 16.5. The summed E-state index contributed by atoms with van der Waals surface area (Å²) in [7, 11) is 0. The van der Waals surface area contributed by atoms with Crippen LogP contribution in [0, 0.1) is 5.41 Å². The van der Waals surface area contributed by atoms with Gasteiger partial charge in [-0.05, 0) is 42.7 Å². The minimum Gasteiger partial charge on any atom is -0.396 e. The number of aryl methyl sites for hydroxylation is 1. The summed E-state index contributed by atoms with van der Waals surface area (Å²) < 4.78 is 0. The van der Waals surface area contributed by atoms with E-state index in [4.69, 9.17) is 0 Å². The Morgan fingerprint density at radius 3 is 2.88 bits per heavy atom. The van der Waals surface area contributed by atoms with Gasteiger partial charge in [0.05, 0.1) is 12.0 Å². The molecular weight excluding hydrogens is 330 g/mol. The summed E-state index contributed by atoms with van der Waals surface area (Å²) in [6.45, 7) is 2.08. The Hall–Kier alpha value is -1.98. The van der Waals surface area contributed by atoms with E-state index in [9.17, 15) is 5.11 Å². The second kappa shape index (κ2) is 7.10. The van der Waals surface area contributed by atoms with Crippen LogP contribution in [0.2, 0.25) is 0 Å². The van der Waals surface area contributed by atoms with Crippen molar-refractivity contribution in [3.05, 3.63) is 53.7 Å². The van der Waals surface area contributed by atoms with E-state index in [1.165, 1.54) is 5.56 Å². The van der Waals surface area contributed by atoms with Crippen LogP contribution in [0.25, 0.3) is 10.2 Å². The first-order chi connectivity index (χ1) is 12.3. The summed E-state index contributed by atoms with van der Waals surface area (Å²) in [4.78, 5) is 12.3. The summed E-state index contributed by atoms with van der Waals surface area (Å²) in [5.41, 5.74) is 1.29. The monoisotopic (exact) mass is 353 g/mol. The Bertz CT molecular complexity index is 835. The highest BCUT2D eigenvalue weighted by Crippen LogP contribution is 2.37. The molecule has 0 unspecified atom stereocenters. The van der Waals surface area contributed by atoms with Crippen molar-refractivity contribution in [2.24, 2.45) is 5.41 Å². The number of fused-ring (bicyclic) bond motifs is 1. The van der Waals surface area contributed by atoms with E-state index in [1.807, 2.05) is 0 Å². The molecule has 1 fully saturated rings. The molecule has 0 saturated carbocycles. The molecule has 4 nitrogen and oxygen atoms in total. The van der Waals surface area contributed by atoms with Crippen LogP contribution in [0.3, 0.4) is 0 Å². The van der Waals surface area contributed by atoms with Crippen molar-refractivity contribution >= 4 is 27.4 Å². The van der Waals surface area contributed by atoms with Crippen LogP contribution in [0.4, 0.5) is 5.82 Å². The first-order valence-electron chi connectivity index (χ1n) is 8.88. The fourth-order valence-electron chi connectivity index (χ4n) is 3.88. The van der Waals surface area contributed by atoms with E-state index in [1.54, 1.807) is 17.7 Å². The summed E-state index contributed by atoms with van der Waals surface area (Å²) >= 11 is 1.65. The summed E-state index contributed by atoms with van der Waals surface area (Å²) in [6, 6.07) is 12.7. The minimum atomic E-state index is -0.0542. The number of hydrogen-bond acceptors (Lipinski definition) is 5. The molecule has 1 aliphatic rings.